The van der Waals surface area contributed by atoms with Gasteiger partial charge in [0, 0.05) is 0 Å². The first-order chi connectivity index (χ1) is 4.91. The molecule has 0 saturated carbocycles. The zero-order chi connectivity index (χ0) is 7.66. The topological polar surface area (TPSA) is 38.0 Å². The number of nitrogens with two attached hydrogens (primary N) is 1. The van der Waals surface area contributed by atoms with Crippen molar-refractivity contribution >= 4 is 0 Å². The molecule has 0 heterocycles. The predicted octanol–water partition coefficient (Wildman–Crippen LogP) is 1.75. The molecular weight excluding hydrogens is 136 g/mol. The summed E-state index contributed by atoms with van der Waals surface area (Å²) in [5.74, 6) is 0. The van der Waals surface area contributed by atoms with Gasteiger partial charge in [-0.15, -0.1) is 0 Å². The van der Waals surface area contributed by atoms with Crippen LogP contribution in [0, 0.1) is 0 Å². The number of nitrogens with one attached hydrogen (secondary N) is 1. The van der Waals surface area contributed by atoms with Gasteiger partial charge < -0.3 is 11.1 Å². The largest absolute Gasteiger partial charge is 0.330 e. The Bertz CT molecular complexity index is 47.5. The molecule has 0 aromatic rings. The van der Waals surface area contributed by atoms with E-state index in [2.05, 4.69) is 12.2 Å². The van der Waals surface area contributed by atoms with Gasteiger partial charge >= 0.3 is 0 Å². The summed E-state index contributed by atoms with van der Waals surface area (Å²) < 4.78 is 0. The van der Waals surface area contributed by atoms with E-state index in [0.717, 1.165) is 26.1 Å². The minimum Gasteiger partial charge on any atom is -0.330 e. The maximum absolute atomic E-state index is 5.33. The normalized spacial score (nSPS) is 9.27. The minimum absolute atomic E-state index is 0. The van der Waals surface area contributed by atoms with Crippen molar-refractivity contribution in [2.24, 2.45) is 5.73 Å². The third-order valence-electron chi connectivity index (χ3n) is 1.51. The number of hydrogen-bond acceptors (Lipinski definition) is 2. The molecule has 0 amide bonds. The Morgan fingerprint density at radius 3 is 2.27 bits per heavy atom. The van der Waals surface area contributed by atoms with Gasteiger partial charge in [0.25, 0.3) is 0 Å². The average molecular weight is 160 g/mol. The Morgan fingerprint density at radius 1 is 1.09 bits per heavy atom. The summed E-state index contributed by atoms with van der Waals surface area (Å²) in [6.45, 7) is 5.27. The van der Waals surface area contributed by atoms with E-state index in [1.165, 1.54) is 19.3 Å². The fourth-order valence-electron chi connectivity index (χ4n) is 0.852. The van der Waals surface area contributed by atoms with E-state index < -0.39 is 0 Å². The highest BCUT2D eigenvalue weighted by Crippen LogP contribution is 1.90. The Hall–Kier alpha value is -0.0800. The molecule has 11 heavy (non-hydrogen) atoms. The zero-order valence-electron chi connectivity index (χ0n) is 7.03. The van der Waals surface area contributed by atoms with Crippen LogP contribution < -0.4 is 11.1 Å². The van der Waals surface area contributed by atoms with Crippen molar-refractivity contribution in [2.45, 2.75) is 40.0 Å². The van der Waals surface area contributed by atoms with E-state index in [1.807, 2.05) is 0 Å². The lowest BCUT2D eigenvalue weighted by molar-refractivity contribution is 0.602. The second-order valence-corrected chi connectivity index (χ2v) is 2.60. The van der Waals surface area contributed by atoms with E-state index in [4.69, 9.17) is 5.73 Å². The van der Waals surface area contributed by atoms with Crippen LogP contribution in [0.4, 0.5) is 0 Å². The molecule has 0 aliphatic heterocycles. The molecule has 2 heteroatoms. The van der Waals surface area contributed by atoms with Crippen LogP contribution in [0.15, 0.2) is 0 Å². The Morgan fingerprint density at radius 2 is 1.73 bits per heavy atom. The fraction of sp³-hybridized carbons (Fsp3) is 1.00. The summed E-state index contributed by atoms with van der Waals surface area (Å²) in [6, 6.07) is 0. The summed E-state index contributed by atoms with van der Waals surface area (Å²) in [6.07, 6.45) is 5.06. The van der Waals surface area contributed by atoms with E-state index in [-0.39, 0.29) is 7.43 Å². The maximum Gasteiger partial charge on any atom is -0.00369 e. The lowest BCUT2D eigenvalue weighted by atomic mass is 10.2. The monoisotopic (exact) mass is 160 g/mol. The summed E-state index contributed by atoms with van der Waals surface area (Å²) >= 11 is 0. The van der Waals surface area contributed by atoms with Crippen LogP contribution in [0.1, 0.15) is 40.0 Å². The third-order valence-corrected chi connectivity index (χ3v) is 1.51. The summed E-state index contributed by atoms with van der Waals surface area (Å²) in [5.41, 5.74) is 5.33. The molecule has 0 saturated heterocycles. The van der Waals surface area contributed by atoms with Gasteiger partial charge in [-0.05, 0) is 32.5 Å². The van der Waals surface area contributed by atoms with Crippen molar-refractivity contribution in [3.05, 3.63) is 0 Å². The first kappa shape index (κ1) is 13.5. The fourth-order valence-corrected chi connectivity index (χ4v) is 0.852. The predicted molar refractivity (Wildman–Crippen MR) is 52.8 cm³/mol. The molecule has 70 valence electrons. The van der Waals surface area contributed by atoms with Crippen LogP contribution >= 0.6 is 0 Å². The first-order valence-electron chi connectivity index (χ1n) is 4.32. The molecule has 0 aromatic heterocycles. The molecular formula is C9H24N2. The van der Waals surface area contributed by atoms with Crippen molar-refractivity contribution in [3.8, 4) is 0 Å². The van der Waals surface area contributed by atoms with Crippen LogP contribution in [0.5, 0.6) is 0 Å². The summed E-state index contributed by atoms with van der Waals surface area (Å²) in [4.78, 5) is 0. The van der Waals surface area contributed by atoms with Crippen LogP contribution in [-0.4, -0.2) is 19.6 Å². The summed E-state index contributed by atoms with van der Waals surface area (Å²) in [7, 11) is 0. The van der Waals surface area contributed by atoms with Crippen LogP contribution in [-0.2, 0) is 0 Å². The smallest absolute Gasteiger partial charge is 0.00369 e. The molecule has 0 rings (SSSR count). The molecule has 0 aromatic carbocycles. The molecule has 0 aliphatic rings. The molecule has 0 radical (unpaired) electrons. The van der Waals surface area contributed by atoms with Crippen molar-refractivity contribution in [2.75, 3.05) is 19.6 Å². The second kappa shape index (κ2) is 12.6. The van der Waals surface area contributed by atoms with Crippen molar-refractivity contribution < 1.29 is 0 Å². The third kappa shape index (κ3) is 13.0. The highest BCUT2D eigenvalue weighted by Gasteiger charge is 1.85. The number of hydrogen-bond donors (Lipinski definition) is 2. The standard InChI is InChI=1S/C8H20N2.CH4/c1-2-3-4-7-10-8-5-6-9;/h10H,2-9H2,1H3;1H4. The van der Waals surface area contributed by atoms with Gasteiger partial charge in [-0.2, -0.15) is 0 Å². The van der Waals surface area contributed by atoms with Gasteiger partial charge in [0.15, 0.2) is 0 Å². The maximum atomic E-state index is 5.33. The van der Waals surface area contributed by atoms with E-state index in [0.29, 0.717) is 0 Å². The minimum atomic E-state index is 0. The van der Waals surface area contributed by atoms with E-state index in [9.17, 15) is 0 Å². The molecule has 2 nitrogen and oxygen atoms in total. The SMILES string of the molecule is C.CCCCCNCCCN. The number of unbranched alkanes of at least 4 members (excludes halogenated alkanes) is 2. The van der Waals surface area contributed by atoms with Gasteiger partial charge in [-0.1, -0.05) is 27.2 Å². The Balaban J connectivity index is 0. The van der Waals surface area contributed by atoms with Crippen LogP contribution in [0.3, 0.4) is 0 Å². The Kier molecular flexibility index (Phi) is 15.4. The van der Waals surface area contributed by atoms with E-state index >= 15 is 0 Å². The van der Waals surface area contributed by atoms with Gasteiger partial charge in [0.1, 0.15) is 0 Å². The Labute approximate surface area is 71.6 Å². The average Bonchev–Trinajstić information content (AvgIpc) is 1.97. The van der Waals surface area contributed by atoms with Crippen LogP contribution in [0.2, 0.25) is 0 Å². The number of rotatable bonds is 7. The van der Waals surface area contributed by atoms with Gasteiger partial charge in [0.05, 0.1) is 0 Å². The van der Waals surface area contributed by atoms with Gasteiger partial charge in [-0.25, -0.2) is 0 Å². The zero-order valence-corrected chi connectivity index (χ0v) is 7.03. The van der Waals surface area contributed by atoms with Crippen molar-refractivity contribution in [1.82, 2.24) is 5.32 Å². The highest BCUT2D eigenvalue weighted by molar-refractivity contribution is 4.48. The van der Waals surface area contributed by atoms with Crippen molar-refractivity contribution in [3.63, 3.8) is 0 Å². The van der Waals surface area contributed by atoms with E-state index in [1.54, 1.807) is 0 Å². The lowest BCUT2D eigenvalue weighted by Gasteiger charge is -2.01. The second-order valence-electron chi connectivity index (χ2n) is 2.60. The molecule has 3 N–H and O–H groups in total. The molecule has 0 atom stereocenters. The van der Waals surface area contributed by atoms with Crippen LogP contribution in [0.25, 0.3) is 0 Å². The highest BCUT2D eigenvalue weighted by atomic mass is 14.8. The quantitative estimate of drug-likeness (QED) is 0.557. The van der Waals surface area contributed by atoms with Gasteiger partial charge in [0.2, 0.25) is 0 Å². The lowest BCUT2D eigenvalue weighted by Crippen LogP contribution is -2.19. The van der Waals surface area contributed by atoms with Crippen molar-refractivity contribution in [1.29, 1.82) is 0 Å². The molecule has 0 fully saturated rings. The molecule has 0 unspecified atom stereocenters. The molecule has 0 spiro atoms. The molecule has 0 bridgehead atoms. The molecule has 0 aliphatic carbocycles. The first-order valence-corrected chi connectivity index (χ1v) is 4.32. The van der Waals surface area contributed by atoms with Gasteiger partial charge in [-0.3, -0.25) is 0 Å². The summed E-state index contributed by atoms with van der Waals surface area (Å²) in [5, 5.41) is 3.34.